The van der Waals surface area contributed by atoms with Gasteiger partial charge in [-0.1, -0.05) is 19.9 Å². The van der Waals surface area contributed by atoms with Crippen molar-refractivity contribution in [3.05, 3.63) is 48.0 Å². The van der Waals surface area contributed by atoms with Gasteiger partial charge in [0.2, 0.25) is 11.6 Å². The van der Waals surface area contributed by atoms with Crippen molar-refractivity contribution in [2.45, 2.75) is 33.6 Å². The van der Waals surface area contributed by atoms with Gasteiger partial charge in [0, 0.05) is 26.3 Å². The number of anilines is 1. The molecule has 0 aromatic carbocycles. The summed E-state index contributed by atoms with van der Waals surface area (Å²) in [6.07, 6.45) is 3.82. The van der Waals surface area contributed by atoms with E-state index in [9.17, 15) is 0 Å². The summed E-state index contributed by atoms with van der Waals surface area (Å²) in [7, 11) is 1.59. The van der Waals surface area contributed by atoms with Crippen LogP contribution in [-0.2, 0) is 9.32 Å². The Morgan fingerprint density at radius 3 is 2.56 bits per heavy atom. The summed E-state index contributed by atoms with van der Waals surface area (Å²) in [6, 6.07) is 9.54. The molecule has 1 N–H and O–H groups in total. The highest BCUT2D eigenvalue weighted by atomic mass is 32.2. The number of hydroxylamine groups is 1. The van der Waals surface area contributed by atoms with Crippen molar-refractivity contribution >= 4 is 34.3 Å². The fourth-order valence-corrected chi connectivity index (χ4v) is 3.98. The minimum Gasteiger partial charge on any atom is -0.357 e. The molecule has 4 rings (SSSR count). The third kappa shape index (κ3) is 5.14. The van der Waals surface area contributed by atoms with Gasteiger partial charge in [-0.3, -0.25) is 4.98 Å². The third-order valence-corrected chi connectivity index (χ3v) is 5.53. The maximum atomic E-state index is 5.11. The Morgan fingerprint density at radius 2 is 1.88 bits per heavy atom. The van der Waals surface area contributed by atoms with Gasteiger partial charge in [0.15, 0.2) is 5.04 Å². The average Bonchev–Trinajstić information content (AvgIpc) is 3.41. The summed E-state index contributed by atoms with van der Waals surface area (Å²) in [6.45, 7) is 8.21. The van der Waals surface area contributed by atoms with E-state index in [1.54, 1.807) is 17.9 Å². The Hall–Kier alpha value is -3.19. The minimum absolute atomic E-state index is 0.472. The first-order valence-electron chi connectivity index (χ1n) is 11.1. The molecular formula is C22H27N9O2S. The first-order valence-corrected chi connectivity index (χ1v) is 11.8. The summed E-state index contributed by atoms with van der Waals surface area (Å²) in [5, 5.41) is 13.7. The Kier molecular flexibility index (Phi) is 7.95. The molecule has 0 saturated heterocycles. The van der Waals surface area contributed by atoms with Crippen LogP contribution >= 0.6 is 12.0 Å². The lowest BCUT2D eigenvalue weighted by atomic mass is 10.2. The topological polar surface area (TPSA) is 115 Å². The molecule has 4 heterocycles. The molecule has 3 aromatic rings. The minimum atomic E-state index is 0.472. The largest absolute Gasteiger partial charge is 0.357 e. The SMILES string of the molecule is CCCN(CCC)c1ccc(/N=C2/C(SOONC)=Nn3c2nnc3-c2ccccn2)c(C)n1. The van der Waals surface area contributed by atoms with Crippen LogP contribution in [0, 0.1) is 6.92 Å². The van der Waals surface area contributed by atoms with Gasteiger partial charge in [0.05, 0.1) is 23.4 Å². The van der Waals surface area contributed by atoms with Gasteiger partial charge >= 0.3 is 0 Å². The van der Waals surface area contributed by atoms with Crippen molar-refractivity contribution in [1.29, 1.82) is 0 Å². The monoisotopic (exact) mass is 481 g/mol. The van der Waals surface area contributed by atoms with Crippen molar-refractivity contribution in [1.82, 2.24) is 30.3 Å². The lowest BCUT2D eigenvalue weighted by Crippen LogP contribution is -2.25. The molecule has 0 fully saturated rings. The zero-order valence-corrected chi connectivity index (χ0v) is 20.4. The molecule has 0 spiro atoms. The summed E-state index contributed by atoms with van der Waals surface area (Å²) in [5.41, 5.74) is 5.14. The van der Waals surface area contributed by atoms with Crippen LogP contribution in [0.1, 0.15) is 38.2 Å². The van der Waals surface area contributed by atoms with E-state index >= 15 is 0 Å². The molecule has 0 saturated carbocycles. The molecule has 0 bridgehead atoms. The van der Waals surface area contributed by atoms with Crippen LogP contribution in [-0.4, -0.2) is 55.7 Å². The average molecular weight is 482 g/mol. The number of nitrogens with one attached hydrogen (secondary N) is 1. The first kappa shape index (κ1) is 24.0. The Bertz CT molecular complexity index is 1170. The number of fused-ring (bicyclic) bond motifs is 1. The number of aryl methyl sites for hydroxylation is 1. The smallest absolute Gasteiger partial charge is 0.206 e. The molecule has 178 valence electrons. The van der Waals surface area contributed by atoms with E-state index in [4.69, 9.17) is 19.3 Å². The van der Waals surface area contributed by atoms with E-state index in [0.717, 1.165) is 49.5 Å². The van der Waals surface area contributed by atoms with Gasteiger partial charge in [0.1, 0.15) is 17.2 Å². The molecule has 34 heavy (non-hydrogen) atoms. The quantitative estimate of drug-likeness (QED) is 0.200. The van der Waals surface area contributed by atoms with Crippen LogP contribution in [0.25, 0.3) is 11.5 Å². The van der Waals surface area contributed by atoms with Crippen molar-refractivity contribution in [3.63, 3.8) is 0 Å². The maximum absolute atomic E-state index is 5.11. The maximum Gasteiger partial charge on any atom is 0.206 e. The molecule has 0 aliphatic carbocycles. The second kappa shape index (κ2) is 11.3. The second-order valence-electron chi connectivity index (χ2n) is 7.44. The van der Waals surface area contributed by atoms with Crippen LogP contribution in [0.2, 0.25) is 0 Å². The molecule has 0 unspecified atom stereocenters. The summed E-state index contributed by atoms with van der Waals surface area (Å²) in [4.78, 5) is 21.1. The highest BCUT2D eigenvalue weighted by Gasteiger charge is 2.31. The Balaban J connectivity index is 1.70. The fourth-order valence-electron chi connectivity index (χ4n) is 3.48. The lowest BCUT2D eigenvalue weighted by Gasteiger charge is -2.23. The highest BCUT2D eigenvalue weighted by molar-refractivity contribution is 8.11. The van der Waals surface area contributed by atoms with E-state index in [-0.39, 0.29) is 0 Å². The Labute approximate surface area is 202 Å². The van der Waals surface area contributed by atoms with E-state index < -0.39 is 0 Å². The van der Waals surface area contributed by atoms with E-state index in [1.165, 1.54) is 0 Å². The van der Waals surface area contributed by atoms with Crippen molar-refractivity contribution < 1.29 is 9.32 Å². The molecule has 1 aliphatic heterocycles. The van der Waals surface area contributed by atoms with Gasteiger partial charge in [0.25, 0.3) is 0 Å². The summed E-state index contributed by atoms with van der Waals surface area (Å²) >= 11 is 0.925. The number of nitrogens with zero attached hydrogens (tertiary/aromatic N) is 8. The van der Waals surface area contributed by atoms with Crippen LogP contribution in [0.5, 0.6) is 0 Å². The summed E-state index contributed by atoms with van der Waals surface area (Å²) < 4.78 is 6.71. The molecular weight excluding hydrogens is 454 g/mol. The predicted octanol–water partition coefficient (Wildman–Crippen LogP) is 3.70. The van der Waals surface area contributed by atoms with Gasteiger partial charge in [-0.25, -0.2) is 9.98 Å². The zero-order valence-electron chi connectivity index (χ0n) is 19.6. The third-order valence-electron chi connectivity index (χ3n) is 4.96. The molecule has 0 radical (unpaired) electrons. The normalized spacial score (nSPS) is 13.9. The van der Waals surface area contributed by atoms with Gasteiger partial charge < -0.3 is 4.90 Å². The molecule has 1 aliphatic rings. The van der Waals surface area contributed by atoms with Crippen LogP contribution in [0.3, 0.4) is 0 Å². The van der Waals surface area contributed by atoms with E-state index in [2.05, 4.69) is 44.5 Å². The van der Waals surface area contributed by atoms with Crippen molar-refractivity contribution in [2.24, 2.45) is 10.1 Å². The van der Waals surface area contributed by atoms with Crippen LogP contribution in [0.15, 0.2) is 46.6 Å². The van der Waals surface area contributed by atoms with Gasteiger partial charge in [-0.15, -0.1) is 19.5 Å². The standard InChI is InChI=1S/C22H27N9O2S/c1-5-13-30(14-6-2)18-11-10-16(15(3)25-18)26-19-21-28-27-20(17-9-7-8-12-24-17)31(21)29-22(19)34-33-32-23-4/h7-12,23H,5-6,13-14H2,1-4H3/b26-19+. The molecule has 12 heteroatoms. The fraction of sp³-hybridized carbons (Fsp3) is 0.364. The van der Waals surface area contributed by atoms with Crippen LogP contribution in [0.4, 0.5) is 11.5 Å². The first-order chi connectivity index (χ1) is 16.7. The summed E-state index contributed by atoms with van der Waals surface area (Å²) in [5.74, 6) is 1.94. The molecule has 0 amide bonds. The second-order valence-corrected chi connectivity index (χ2v) is 8.13. The Morgan fingerprint density at radius 1 is 1.09 bits per heavy atom. The lowest BCUT2D eigenvalue weighted by molar-refractivity contribution is -0.236. The van der Waals surface area contributed by atoms with Crippen molar-refractivity contribution in [2.75, 3.05) is 25.0 Å². The van der Waals surface area contributed by atoms with E-state index in [0.29, 0.717) is 33.8 Å². The van der Waals surface area contributed by atoms with Crippen molar-refractivity contribution in [3.8, 4) is 11.5 Å². The zero-order chi connectivity index (χ0) is 23.9. The number of rotatable bonds is 10. The van der Waals surface area contributed by atoms with Gasteiger partial charge in [-0.05, 0) is 44.0 Å². The van der Waals surface area contributed by atoms with Gasteiger partial charge in [-0.2, -0.15) is 15.3 Å². The number of aromatic nitrogens is 5. The highest BCUT2D eigenvalue weighted by Crippen LogP contribution is 2.28. The molecule has 11 nitrogen and oxygen atoms in total. The van der Waals surface area contributed by atoms with Crippen LogP contribution < -0.4 is 10.4 Å². The number of aliphatic imine (C=N–C) groups is 1. The number of hydrogen-bond donors (Lipinski definition) is 1. The molecule has 0 atom stereocenters. The number of pyridine rings is 2. The van der Waals surface area contributed by atoms with E-state index in [1.807, 2.05) is 37.3 Å². The predicted molar refractivity (Wildman–Crippen MR) is 133 cm³/mol. The number of hydrogen-bond acceptors (Lipinski definition) is 11. The molecule has 3 aromatic heterocycles.